The number of rotatable bonds is 6. The van der Waals surface area contributed by atoms with Crippen LogP contribution < -0.4 is 0 Å². The number of nitrogens with zero attached hydrogens (tertiary/aromatic N) is 4. The normalized spacial score (nSPS) is 11.6. The van der Waals surface area contributed by atoms with Gasteiger partial charge in [-0.05, 0) is 35.4 Å². The van der Waals surface area contributed by atoms with E-state index in [0.29, 0.717) is 22.3 Å². The van der Waals surface area contributed by atoms with Crippen LogP contribution in [0.15, 0.2) is 168 Å². The average molecular weight is 797 g/mol. The molecule has 0 atom stereocenters. The number of fused-ring (bicyclic) bond motifs is 6. The molecule has 0 saturated heterocycles. The summed E-state index contributed by atoms with van der Waals surface area (Å²) in [6, 6.07) is 54.3. The fourth-order valence-corrected chi connectivity index (χ4v) is 8.45. The third-order valence-corrected chi connectivity index (χ3v) is 11.2. The van der Waals surface area contributed by atoms with Crippen LogP contribution >= 0.6 is 0 Å². The predicted octanol–water partition coefficient (Wildman–Crippen LogP) is 11.7. The van der Waals surface area contributed by atoms with E-state index in [1.165, 1.54) is 0 Å². The minimum Gasteiger partial charge on any atom is -0.504 e. The number of aromatic nitrogens is 4. The first kappa shape index (κ1) is 35.5. The molecule has 0 aliphatic carbocycles. The SMILES string of the molecule is Oc1c(O)c(O)c(-c2nc(-c3ccccc3)nc(-c3cccc4c3oc3ccc(-c5ccccc5)c(-n5c6ccccc6c6cccc(-c7ccccc7)c65)c34)n2)c(O)c1O. The number of aromatic hydroxyl groups is 5. The van der Waals surface area contributed by atoms with Gasteiger partial charge in [0, 0.05) is 32.8 Å². The second-order valence-corrected chi connectivity index (χ2v) is 14.7. The van der Waals surface area contributed by atoms with Gasteiger partial charge in [0.2, 0.25) is 17.2 Å². The Hall–Kier alpha value is -8.63. The summed E-state index contributed by atoms with van der Waals surface area (Å²) in [6.07, 6.45) is 0. The van der Waals surface area contributed by atoms with Crippen LogP contribution in [0.1, 0.15) is 0 Å². The second-order valence-electron chi connectivity index (χ2n) is 14.7. The Morgan fingerprint density at radius 3 is 1.61 bits per heavy atom. The predicted molar refractivity (Wildman–Crippen MR) is 237 cm³/mol. The maximum atomic E-state index is 11.0. The Balaban J connectivity index is 1.25. The quantitative estimate of drug-likeness (QED) is 0.0815. The molecule has 11 rings (SSSR count). The lowest BCUT2D eigenvalue weighted by Crippen LogP contribution is -2.01. The minimum absolute atomic E-state index is 0.118. The van der Waals surface area contributed by atoms with E-state index < -0.39 is 34.3 Å². The van der Waals surface area contributed by atoms with Crippen molar-refractivity contribution in [1.29, 1.82) is 0 Å². The molecule has 0 radical (unpaired) electrons. The lowest BCUT2D eigenvalue weighted by Gasteiger charge is -2.17. The van der Waals surface area contributed by atoms with E-state index in [9.17, 15) is 25.5 Å². The molecule has 10 heteroatoms. The van der Waals surface area contributed by atoms with Gasteiger partial charge in [0.15, 0.2) is 29.0 Å². The first-order valence-corrected chi connectivity index (χ1v) is 19.5. The third-order valence-electron chi connectivity index (χ3n) is 11.2. The average Bonchev–Trinajstić information content (AvgIpc) is 3.87. The van der Waals surface area contributed by atoms with E-state index in [2.05, 4.69) is 82.3 Å². The largest absolute Gasteiger partial charge is 0.504 e. The van der Waals surface area contributed by atoms with Crippen LogP contribution in [-0.4, -0.2) is 45.1 Å². The van der Waals surface area contributed by atoms with E-state index in [4.69, 9.17) is 14.4 Å². The summed E-state index contributed by atoms with van der Waals surface area (Å²) in [4.78, 5) is 14.1. The van der Waals surface area contributed by atoms with Crippen LogP contribution in [0.25, 0.3) is 106 Å². The monoisotopic (exact) mass is 796 g/mol. The van der Waals surface area contributed by atoms with Crippen LogP contribution in [0.2, 0.25) is 0 Å². The molecule has 0 aliphatic rings. The van der Waals surface area contributed by atoms with E-state index in [1.807, 2.05) is 78.9 Å². The molecule has 0 saturated carbocycles. The Morgan fingerprint density at radius 1 is 0.393 bits per heavy atom. The fourth-order valence-electron chi connectivity index (χ4n) is 8.45. The van der Waals surface area contributed by atoms with Crippen LogP contribution in [0.4, 0.5) is 0 Å². The van der Waals surface area contributed by atoms with E-state index in [-0.39, 0.29) is 17.5 Å². The van der Waals surface area contributed by atoms with Crippen molar-refractivity contribution in [3.63, 3.8) is 0 Å². The molecule has 0 bridgehead atoms. The van der Waals surface area contributed by atoms with E-state index >= 15 is 0 Å². The zero-order chi connectivity index (χ0) is 41.4. The van der Waals surface area contributed by atoms with Crippen molar-refractivity contribution in [3.05, 3.63) is 164 Å². The lowest BCUT2D eigenvalue weighted by atomic mass is 9.98. The number of hydrogen-bond acceptors (Lipinski definition) is 9. The fraction of sp³-hybridized carbons (Fsp3) is 0. The summed E-state index contributed by atoms with van der Waals surface area (Å²) in [5.74, 6) is -5.02. The number of hydrogen-bond donors (Lipinski definition) is 5. The van der Waals surface area contributed by atoms with Gasteiger partial charge in [-0.3, -0.25) is 0 Å². The summed E-state index contributed by atoms with van der Waals surface area (Å²) < 4.78 is 9.22. The zero-order valence-corrected chi connectivity index (χ0v) is 32.0. The third kappa shape index (κ3) is 5.46. The van der Waals surface area contributed by atoms with Crippen LogP contribution in [0.3, 0.4) is 0 Å². The first-order chi connectivity index (χ1) is 29.9. The summed E-state index contributed by atoms with van der Waals surface area (Å²) in [5, 5.41) is 57.0. The van der Waals surface area contributed by atoms with Crippen molar-refractivity contribution in [3.8, 4) is 90.9 Å². The van der Waals surface area contributed by atoms with Crippen molar-refractivity contribution in [2.24, 2.45) is 0 Å². The van der Waals surface area contributed by atoms with Gasteiger partial charge in [-0.25, -0.2) is 15.0 Å². The van der Waals surface area contributed by atoms with Gasteiger partial charge in [-0.15, -0.1) is 0 Å². The van der Waals surface area contributed by atoms with Gasteiger partial charge >= 0.3 is 0 Å². The standard InChI is InChI=1S/C51H32N4O6/c56-43-40(44(57)46(59)47(60)45(43)58)51-53-49(30-18-8-3-9-19-30)52-50(54-51)36-24-13-23-35-39-38(61-48(35)36)27-26-32(29-16-6-2-7-17-29)42(39)55-37-25-11-10-20-33(37)34-22-12-21-31(41(34)55)28-14-4-1-5-15-28/h1-27,56-60H. The molecule has 3 aromatic heterocycles. The van der Waals surface area contributed by atoms with Crippen LogP contribution in [0, 0.1) is 0 Å². The molecule has 11 aromatic rings. The number of furan rings is 1. The van der Waals surface area contributed by atoms with E-state index in [0.717, 1.165) is 60.5 Å². The maximum absolute atomic E-state index is 11.0. The number of phenolic OH excluding ortho intramolecular Hbond substituents is 5. The smallest absolute Gasteiger partial charge is 0.208 e. The Bertz CT molecular complexity index is 3500. The minimum atomic E-state index is -1.09. The van der Waals surface area contributed by atoms with Crippen molar-refractivity contribution < 1.29 is 29.9 Å². The molecule has 61 heavy (non-hydrogen) atoms. The highest BCUT2D eigenvalue weighted by atomic mass is 16.4. The van der Waals surface area contributed by atoms with Gasteiger partial charge in [0.1, 0.15) is 16.7 Å². The number of phenols is 5. The van der Waals surface area contributed by atoms with Crippen molar-refractivity contribution >= 4 is 43.7 Å². The molecular formula is C51H32N4O6. The molecule has 0 aliphatic heterocycles. The molecule has 0 spiro atoms. The van der Waals surface area contributed by atoms with E-state index in [1.54, 1.807) is 12.1 Å². The summed E-state index contributed by atoms with van der Waals surface area (Å²) >= 11 is 0. The highest BCUT2D eigenvalue weighted by molar-refractivity contribution is 6.19. The van der Waals surface area contributed by atoms with Gasteiger partial charge in [0.05, 0.1) is 27.7 Å². The number of benzene rings is 8. The molecule has 8 aromatic carbocycles. The van der Waals surface area contributed by atoms with Gasteiger partial charge in [-0.1, -0.05) is 140 Å². The second kappa shape index (κ2) is 13.7. The van der Waals surface area contributed by atoms with Gasteiger partial charge < -0.3 is 34.5 Å². The van der Waals surface area contributed by atoms with Crippen molar-refractivity contribution in [1.82, 2.24) is 19.5 Å². The van der Waals surface area contributed by atoms with Crippen molar-refractivity contribution in [2.45, 2.75) is 0 Å². The molecule has 10 nitrogen and oxygen atoms in total. The highest BCUT2D eigenvalue weighted by Crippen LogP contribution is 2.54. The van der Waals surface area contributed by atoms with Crippen molar-refractivity contribution in [2.75, 3.05) is 0 Å². The molecule has 292 valence electrons. The van der Waals surface area contributed by atoms with Crippen LogP contribution in [0.5, 0.6) is 28.7 Å². The molecule has 0 amide bonds. The zero-order valence-electron chi connectivity index (χ0n) is 32.0. The molecule has 0 fully saturated rings. The summed E-state index contributed by atoms with van der Waals surface area (Å²) in [7, 11) is 0. The Morgan fingerprint density at radius 2 is 0.918 bits per heavy atom. The van der Waals surface area contributed by atoms with Gasteiger partial charge in [0.25, 0.3) is 0 Å². The lowest BCUT2D eigenvalue weighted by molar-refractivity contribution is 0.329. The molecular weight excluding hydrogens is 765 g/mol. The first-order valence-electron chi connectivity index (χ1n) is 19.5. The Labute approximate surface area is 346 Å². The molecule has 0 unspecified atom stereocenters. The highest BCUT2D eigenvalue weighted by Gasteiger charge is 2.29. The van der Waals surface area contributed by atoms with Crippen LogP contribution in [-0.2, 0) is 0 Å². The molecule has 5 N–H and O–H groups in total. The number of para-hydroxylation sites is 3. The topological polar surface area (TPSA) is 158 Å². The van der Waals surface area contributed by atoms with Gasteiger partial charge in [-0.2, -0.15) is 0 Å². The summed E-state index contributed by atoms with van der Waals surface area (Å²) in [6.45, 7) is 0. The Kier molecular flexibility index (Phi) is 8.01. The maximum Gasteiger partial charge on any atom is 0.208 e. The summed E-state index contributed by atoms with van der Waals surface area (Å²) in [5.41, 5.74) is 8.77. The molecule has 3 heterocycles.